The number of aromatic nitrogens is 1. The number of likely N-dealkylation sites (tertiary alicyclic amines) is 1. The number of benzene rings is 2. The average molecular weight is 391 g/mol. The van der Waals surface area contributed by atoms with Gasteiger partial charge in [0.05, 0.1) is 5.56 Å². The number of hydrogen-bond acceptors (Lipinski definition) is 2. The Hall–Kier alpha value is -2.59. The first kappa shape index (κ1) is 19.7. The summed E-state index contributed by atoms with van der Waals surface area (Å²) >= 11 is 0. The van der Waals surface area contributed by atoms with Gasteiger partial charge in [-0.15, -0.1) is 0 Å². The van der Waals surface area contributed by atoms with E-state index in [1.54, 1.807) is 12.1 Å². The van der Waals surface area contributed by atoms with Crippen LogP contribution in [0.15, 0.2) is 42.6 Å². The minimum Gasteiger partial charge on any atom is -0.478 e. The number of fused-ring (bicyclic) bond motifs is 1. The monoisotopic (exact) mass is 390 g/mol. The number of carboxylic acids is 1. The van der Waals surface area contributed by atoms with Gasteiger partial charge >= 0.3 is 5.97 Å². The lowest BCUT2D eigenvalue weighted by Crippen LogP contribution is -2.39. The lowest BCUT2D eigenvalue weighted by Gasteiger charge is -2.39. The standard InChI is InChI=1S/C25H30N2O2/c1-4-27-12-10-20(23(15-27)18-5-7-19(8-6-18)25(28)29)14-22-16(2)13-17(3)24-21(22)9-11-26-24/h5-9,11,13,20,23,26H,4,10,12,14-15H2,1-3H3,(H,28,29)/t20-,23-/m0/s1. The van der Waals surface area contributed by atoms with Crippen LogP contribution in [-0.2, 0) is 6.42 Å². The maximum absolute atomic E-state index is 11.2. The third-order valence-corrected chi connectivity index (χ3v) is 6.71. The van der Waals surface area contributed by atoms with Crippen LogP contribution in [0.4, 0.5) is 0 Å². The fourth-order valence-electron chi connectivity index (χ4n) is 5.03. The van der Waals surface area contributed by atoms with Crippen LogP contribution >= 0.6 is 0 Å². The van der Waals surface area contributed by atoms with E-state index in [0.717, 1.165) is 26.1 Å². The first-order chi connectivity index (χ1) is 14.0. The largest absolute Gasteiger partial charge is 0.478 e. The van der Waals surface area contributed by atoms with Gasteiger partial charge in [-0.25, -0.2) is 4.79 Å². The quantitative estimate of drug-likeness (QED) is 0.633. The van der Waals surface area contributed by atoms with E-state index in [9.17, 15) is 9.90 Å². The van der Waals surface area contributed by atoms with Crippen LogP contribution in [0.2, 0.25) is 0 Å². The Balaban J connectivity index is 1.68. The molecular formula is C25H30N2O2. The molecule has 2 atom stereocenters. The normalized spacial score (nSPS) is 20.2. The number of carbonyl (C=O) groups is 1. The molecule has 4 heteroatoms. The third-order valence-electron chi connectivity index (χ3n) is 6.71. The van der Waals surface area contributed by atoms with Crippen LogP contribution in [0.5, 0.6) is 0 Å². The highest BCUT2D eigenvalue weighted by Crippen LogP contribution is 2.37. The van der Waals surface area contributed by atoms with E-state index < -0.39 is 5.97 Å². The van der Waals surface area contributed by atoms with Crippen molar-refractivity contribution in [3.05, 3.63) is 70.4 Å². The Kier molecular flexibility index (Phi) is 5.46. The third kappa shape index (κ3) is 3.82. The zero-order valence-corrected chi connectivity index (χ0v) is 17.5. The molecule has 1 fully saturated rings. The minimum atomic E-state index is -0.864. The molecule has 1 aliphatic heterocycles. The molecule has 4 rings (SSSR count). The van der Waals surface area contributed by atoms with Crippen molar-refractivity contribution in [2.24, 2.45) is 5.92 Å². The lowest BCUT2D eigenvalue weighted by molar-refractivity contribution is 0.0697. The molecule has 152 valence electrons. The highest BCUT2D eigenvalue weighted by molar-refractivity contribution is 5.88. The van der Waals surface area contributed by atoms with E-state index in [-0.39, 0.29) is 0 Å². The van der Waals surface area contributed by atoms with Crippen LogP contribution in [-0.4, -0.2) is 40.6 Å². The fraction of sp³-hybridized carbons (Fsp3) is 0.400. The molecule has 0 aliphatic carbocycles. The summed E-state index contributed by atoms with van der Waals surface area (Å²) in [5, 5.41) is 10.6. The molecule has 1 aromatic heterocycles. The molecule has 0 amide bonds. The minimum absolute atomic E-state index is 0.358. The predicted octanol–water partition coefficient (Wildman–Crippen LogP) is 5.15. The average Bonchev–Trinajstić information content (AvgIpc) is 3.21. The van der Waals surface area contributed by atoms with Crippen molar-refractivity contribution in [1.82, 2.24) is 9.88 Å². The van der Waals surface area contributed by atoms with Gasteiger partial charge in [-0.1, -0.05) is 25.1 Å². The fourth-order valence-corrected chi connectivity index (χ4v) is 5.03. The molecule has 3 aromatic rings. The van der Waals surface area contributed by atoms with Crippen molar-refractivity contribution < 1.29 is 9.90 Å². The van der Waals surface area contributed by atoms with Gasteiger partial charge in [-0.3, -0.25) is 0 Å². The highest BCUT2D eigenvalue weighted by Gasteiger charge is 2.31. The second-order valence-electron chi connectivity index (χ2n) is 8.44. The zero-order valence-electron chi connectivity index (χ0n) is 17.5. The Morgan fingerprint density at radius 2 is 1.93 bits per heavy atom. The molecule has 2 aromatic carbocycles. The summed E-state index contributed by atoms with van der Waals surface area (Å²) in [5.74, 6) is 0.103. The molecule has 1 aliphatic rings. The van der Waals surface area contributed by atoms with Gasteiger partial charge in [0, 0.05) is 23.6 Å². The van der Waals surface area contributed by atoms with Gasteiger partial charge in [0.25, 0.3) is 0 Å². The Labute approximate surface area is 172 Å². The summed E-state index contributed by atoms with van der Waals surface area (Å²) in [6.07, 6.45) is 4.27. The van der Waals surface area contributed by atoms with Gasteiger partial charge < -0.3 is 15.0 Å². The van der Waals surface area contributed by atoms with Gasteiger partial charge in [-0.05, 0) is 92.1 Å². The van der Waals surface area contributed by atoms with Crippen molar-refractivity contribution in [1.29, 1.82) is 0 Å². The number of likely N-dealkylation sites (N-methyl/N-ethyl adjacent to an activating group) is 1. The molecule has 4 nitrogen and oxygen atoms in total. The number of rotatable bonds is 5. The van der Waals surface area contributed by atoms with Gasteiger partial charge in [-0.2, -0.15) is 0 Å². The zero-order chi connectivity index (χ0) is 20.5. The number of aryl methyl sites for hydroxylation is 2. The number of hydrogen-bond donors (Lipinski definition) is 2. The summed E-state index contributed by atoms with van der Waals surface area (Å²) in [5.41, 5.74) is 6.98. The van der Waals surface area contributed by atoms with E-state index in [1.807, 2.05) is 18.3 Å². The molecule has 0 bridgehead atoms. The molecule has 0 spiro atoms. The van der Waals surface area contributed by atoms with Crippen molar-refractivity contribution in [2.75, 3.05) is 19.6 Å². The van der Waals surface area contributed by atoms with Gasteiger partial charge in [0.1, 0.15) is 0 Å². The Bertz CT molecular complexity index is 1020. The van der Waals surface area contributed by atoms with Crippen LogP contribution in [0.3, 0.4) is 0 Å². The van der Waals surface area contributed by atoms with Crippen molar-refractivity contribution in [3.63, 3.8) is 0 Å². The number of piperidine rings is 1. The summed E-state index contributed by atoms with van der Waals surface area (Å²) in [6.45, 7) is 9.84. The predicted molar refractivity (Wildman–Crippen MR) is 118 cm³/mol. The van der Waals surface area contributed by atoms with E-state index in [1.165, 1.54) is 39.6 Å². The van der Waals surface area contributed by atoms with Crippen molar-refractivity contribution >= 4 is 16.9 Å². The van der Waals surface area contributed by atoms with Gasteiger partial charge in [0.2, 0.25) is 0 Å². The Morgan fingerprint density at radius 3 is 2.62 bits per heavy atom. The lowest BCUT2D eigenvalue weighted by atomic mass is 9.76. The maximum Gasteiger partial charge on any atom is 0.335 e. The number of nitrogens with one attached hydrogen (secondary N) is 1. The SMILES string of the molecule is CCN1CC[C@@H](Cc2c(C)cc(C)c3[nH]ccc23)[C@H](c2ccc(C(=O)O)cc2)C1. The summed E-state index contributed by atoms with van der Waals surface area (Å²) in [7, 11) is 0. The topological polar surface area (TPSA) is 56.3 Å². The molecule has 0 radical (unpaired) electrons. The van der Waals surface area contributed by atoms with Crippen LogP contribution in [0, 0.1) is 19.8 Å². The van der Waals surface area contributed by atoms with E-state index in [2.05, 4.69) is 42.8 Å². The van der Waals surface area contributed by atoms with Gasteiger partial charge in [0.15, 0.2) is 0 Å². The van der Waals surface area contributed by atoms with E-state index in [0.29, 0.717) is 17.4 Å². The first-order valence-corrected chi connectivity index (χ1v) is 10.6. The molecular weight excluding hydrogens is 360 g/mol. The van der Waals surface area contributed by atoms with Crippen LogP contribution in [0.25, 0.3) is 10.9 Å². The molecule has 2 N–H and O–H groups in total. The summed E-state index contributed by atoms with van der Waals surface area (Å²) in [4.78, 5) is 17.2. The Morgan fingerprint density at radius 1 is 1.17 bits per heavy atom. The summed E-state index contributed by atoms with van der Waals surface area (Å²) in [6, 6.07) is 12.1. The number of aromatic amines is 1. The highest BCUT2D eigenvalue weighted by atomic mass is 16.4. The molecule has 0 unspecified atom stereocenters. The smallest absolute Gasteiger partial charge is 0.335 e. The molecule has 2 heterocycles. The molecule has 0 saturated carbocycles. The van der Waals surface area contributed by atoms with E-state index in [4.69, 9.17) is 0 Å². The number of H-pyrrole nitrogens is 1. The first-order valence-electron chi connectivity index (χ1n) is 10.6. The van der Waals surface area contributed by atoms with Crippen molar-refractivity contribution in [2.45, 2.75) is 39.5 Å². The number of carboxylic acid groups (broad SMARTS) is 1. The van der Waals surface area contributed by atoms with E-state index >= 15 is 0 Å². The second-order valence-corrected chi connectivity index (χ2v) is 8.44. The van der Waals surface area contributed by atoms with Crippen molar-refractivity contribution in [3.8, 4) is 0 Å². The molecule has 1 saturated heterocycles. The number of nitrogens with zero attached hydrogens (tertiary/aromatic N) is 1. The summed E-state index contributed by atoms with van der Waals surface area (Å²) < 4.78 is 0. The van der Waals surface area contributed by atoms with Crippen LogP contribution in [0.1, 0.15) is 51.9 Å². The second kappa shape index (κ2) is 8.03. The van der Waals surface area contributed by atoms with Crippen LogP contribution < -0.4 is 0 Å². The number of aromatic carboxylic acids is 1. The molecule has 29 heavy (non-hydrogen) atoms. The maximum atomic E-state index is 11.2.